The van der Waals surface area contributed by atoms with E-state index in [4.69, 9.17) is 21.1 Å². The summed E-state index contributed by atoms with van der Waals surface area (Å²) in [6.45, 7) is 0. The predicted molar refractivity (Wildman–Crippen MR) is 152 cm³/mol. The van der Waals surface area contributed by atoms with Gasteiger partial charge in [-0.3, -0.25) is 25.4 Å². The second kappa shape index (κ2) is 13.6. The van der Waals surface area contributed by atoms with Gasteiger partial charge in [-0.2, -0.15) is 13.2 Å². The van der Waals surface area contributed by atoms with Crippen molar-refractivity contribution >= 4 is 40.8 Å². The number of hydrazine groups is 1. The van der Waals surface area contributed by atoms with Gasteiger partial charge >= 0.3 is 12.2 Å². The van der Waals surface area contributed by atoms with Crippen LogP contribution in [-0.2, 0) is 17.4 Å². The number of carbonyl (C=O) groups excluding carboxylic acids is 3. The molecule has 0 aliphatic carbocycles. The molecule has 222 valence electrons. The molecule has 10 nitrogen and oxygen atoms in total. The first kappa shape index (κ1) is 30.7. The topological polar surface area (TPSA) is 131 Å². The summed E-state index contributed by atoms with van der Waals surface area (Å²) in [6, 6.07) is 18.1. The minimum absolute atomic E-state index is 0.0203. The van der Waals surface area contributed by atoms with Crippen LogP contribution in [0, 0.1) is 0 Å². The van der Waals surface area contributed by atoms with E-state index in [9.17, 15) is 27.6 Å². The Hall–Kier alpha value is -5.30. The number of hydrogen-bond acceptors (Lipinski definition) is 6. The number of benzene rings is 3. The largest absolute Gasteiger partial charge is 0.497 e. The second-order valence-electron chi connectivity index (χ2n) is 8.80. The molecule has 0 saturated carbocycles. The highest BCUT2D eigenvalue weighted by atomic mass is 35.5. The van der Waals surface area contributed by atoms with Crippen LogP contribution in [0.5, 0.6) is 17.2 Å². The van der Waals surface area contributed by atoms with Crippen LogP contribution in [0.15, 0.2) is 85.1 Å². The number of anilines is 2. The molecule has 4 rings (SSSR count). The summed E-state index contributed by atoms with van der Waals surface area (Å²) in [7, 11) is 1.54. The number of pyridine rings is 1. The third kappa shape index (κ3) is 8.84. The second-order valence-corrected chi connectivity index (χ2v) is 9.21. The fraction of sp³-hybridized carbons (Fsp3) is 0.103. The van der Waals surface area contributed by atoms with Gasteiger partial charge in [-0.05, 0) is 66.2 Å². The van der Waals surface area contributed by atoms with Crippen LogP contribution in [0.3, 0.4) is 0 Å². The average molecular weight is 614 g/mol. The van der Waals surface area contributed by atoms with E-state index in [0.29, 0.717) is 17.2 Å². The fourth-order valence-electron chi connectivity index (χ4n) is 3.62. The molecule has 0 spiro atoms. The van der Waals surface area contributed by atoms with Crippen molar-refractivity contribution in [2.75, 3.05) is 17.7 Å². The van der Waals surface area contributed by atoms with Crippen molar-refractivity contribution in [3.8, 4) is 17.2 Å². The SMILES string of the molecule is COc1ccc(CC(=O)NNC(=O)c2cc(Oc3ccc(NC(=O)Nc4ccc(Cl)c(C(F)(F)F)c4)cc3)ccn2)cc1. The van der Waals surface area contributed by atoms with Gasteiger partial charge in [-0.1, -0.05) is 23.7 Å². The van der Waals surface area contributed by atoms with Crippen molar-refractivity contribution in [3.63, 3.8) is 0 Å². The highest BCUT2D eigenvalue weighted by Gasteiger charge is 2.33. The molecule has 14 heteroatoms. The van der Waals surface area contributed by atoms with Crippen molar-refractivity contribution < 1.29 is 37.0 Å². The average Bonchev–Trinajstić information content (AvgIpc) is 2.98. The molecule has 0 radical (unpaired) electrons. The summed E-state index contributed by atoms with van der Waals surface area (Å²) < 4.78 is 50.0. The molecule has 4 aromatic rings. The van der Waals surface area contributed by atoms with Crippen molar-refractivity contribution in [2.45, 2.75) is 12.6 Å². The van der Waals surface area contributed by atoms with Gasteiger partial charge in [0.15, 0.2) is 0 Å². The van der Waals surface area contributed by atoms with Gasteiger partial charge in [0.1, 0.15) is 22.9 Å². The monoisotopic (exact) mass is 613 g/mol. The molecule has 0 bridgehead atoms. The molecule has 4 N–H and O–H groups in total. The lowest BCUT2D eigenvalue weighted by atomic mass is 10.1. The number of nitrogens with one attached hydrogen (secondary N) is 4. The summed E-state index contributed by atoms with van der Waals surface area (Å²) >= 11 is 5.60. The standard InChI is InChI=1S/C29H23ClF3N5O5/c1-42-20-7-2-17(3-8-20)14-26(39)37-38-27(40)25-16-22(12-13-34-25)43-21-9-4-18(5-10-21)35-28(41)36-19-6-11-24(30)23(15-19)29(31,32)33/h2-13,15-16H,14H2,1H3,(H,37,39)(H,38,40)(H2,35,36,41). The summed E-state index contributed by atoms with van der Waals surface area (Å²) in [5.74, 6) is 0.175. The van der Waals surface area contributed by atoms with E-state index < -0.39 is 34.6 Å². The lowest BCUT2D eigenvalue weighted by molar-refractivity contribution is -0.137. The number of hydrogen-bond donors (Lipinski definition) is 4. The lowest BCUT2D eigenvalue weighted by Gasteiger charge is -2.13. The first-order chi connectivity index (χ1) is 20.5. The Bertz CT molecular complexity index is 1620. The number of carbonyl (C=O) groups is 3. The van der Waals surface area contributed by atoms with Gasteiger partial charge in [0.25, 0.3) is 5.91 Å². The van der Waals surface area contributed by atoms with E-state index >= 15 is 0 Å². The number of aromatic nitrogens is 1. The summed E-state index contributed by atoms with van der Waals surface area (Å²) in [5, 5.41) is 4.34. The van der Waals surface area contributed by atoms with Crippen molar-refractivity contribution in [1.82, 2.24) is 15.8 Å². The van der Waals surface area contributed by atoms with Crippen LogP contribution in [0.4, 0.5) is 29.3 Å². The zero-order chi connectivity index (χ0) is 31.0. The molecular weight excluding hydrogens is 591 g/mol. The number of halogens is 4. The number of ether oxygens (including phenoxy) is 2. The number of urea groups is 1. The van der Waals surface area contributed by atoms with Crippen LogP contribution in [0.2, 0.25) is 5.02 Å². The molecule has 0 unspecified atom stereocenters. The first-order valence-corrected chi connectivity index (χ1v) is 12.8. The molecule has 1 aromatic heterocycles. The van der Waals surface area contributed by atoms with Crippen LogP contribution in [0.25, 0.3) is 0 Å². The Kier molecular flexibility index (Phi) is 9.68. The molecule has 0 aliphatic heterocycles. The van der Waals surface area contributed by atoms with Gasteiger partial charge in [0.05, 0.1) is 24.1 Å². The van der Waals surface area contributed by atoms with Crippen LogP contribution >= 0.6 is 11.6 Å². The minimum Gasteiger partial charge on any atom is -0.497 e. The Labute approximate surface area is 248 Å². The number of alkyl halides is 3. The van der Waals surface area contributed by atoms with Crippen LogP contribution in [-0.4, -0.2) is 29.9 Å². The highest BCUT2D eigenvalue weighted by Crippen LogP contribution is 2.36. The molecule has 0 saturated heterocycles. The van der Waals surface area contributed by atoms with E-state index in [0.717, 1.165) is 17.7 Å². The predicted octanol–water partition coefficient (Wildman–Crippen LogP) is 6.20. The molecular formula is C29H23ClF3N5O5. The zero-order valence-electron chi connectivity index (χ0n) is 22.3. The smallest absolute Gasteiger partial charge is 0.417 e. The maximum Gasteiger partial charge on any atom is 0.417 e. The van der Waals surface area contributed by atoms with E-state index in [1.807, 2.05) is 0 Å². The van der Waals surface area contributed by atoms with Crippen molar-refractivity contribution in [1.29, 1.82) is 0 Å². The van der Waals surface area contributed by atoms with E-state index in [1.54, 1.807) is 24.3 Å². The number of rotatable bonds is 8. The molecule has 0 atom stereocenters. The van der Waals surface area contributed by atoms with Gasteiger partial charge in [-0.15, -0.1) is 0 Å². The number of amides is 4. The number of methoxy groups -OCH3 is 1. The van der Waals surface area contributed by atoms with E-state index in [-0.39, 0.29) is 23.6 Å². The molecule has 0 aliphatic rings. The third-order valence-corrected chi connectivity index (χ3v) is 6.01. The lowest BCUT2D eigenvalue weighted by Crippen LogP contribution is -2.42. The summed E-state index contributed by atoms with van der Waals surface area (Å²) in [5.41, 5.74) is 4.50. The Morgan fingerprint density at radius 2 is 1.47 bits per heavy atom. The summed E-state index contributed by atoms with van der Waals surface area (Å²) in [4.78, 5) is 40.9. The number of nitrogens with zero attached hydrogens (tertiary/aromatic N) is 1. The van der Waals surface area contributed by atoms with Crippen LogP contribution in [0.1, 0.15) is 21.6 Å². The molecule has 3 aromatic carbocycles. The molecule has 43 heavy (non-hydrogen) atoms. The quantitative estimate of drug-likeness (QED) is 0.175. The van der Waals surface area contributed by atoms with Crippen molar-refractivity contribution in [3.05, 3.63) is 107 Å². The Morgan fingerprint density at radius 1 is 0.814 bits per heavy atom. The Morgan fingerprint density at radius 3 is 2.14 bits per heavy atom. The normalized spacial score (nSPS) is 10.8. The zero-order valence-corrected chi connectivity index (χ0v) is 23.0. The molecule has 1 heterocycles. The maximum atomic E-state index is 13.1. The first-order valence-electron chi connectivity index (χ1n) is 12.4. The minimum atomic E-state index is -4.67. The van der Waals surface area contributed by atoms with E-state index in [2.05, 4.69) is 26.5 Å². The van der Waals surface area contributed by atoms with Gasteiger partial charge in [0, 0.05) is 23.6 Å². The highest BCUT2D eigenvalue weighted by molar-refractivity contribution is 6.31. The third-order valence-electron chi connectivity index (χ3n) is 5.68. The van der Waals surface area contributed by atoms with Gasteiger partial charge in [-0.25, -0.2) is 4.79 Å². The van der Waals surface area contributed by atoms with Crippen LogP contribution < -0.4 is 31.0 Å². The molecule has 0 fully saturated rings. The Balaban J connectivity index is 1.28. The maximum absolute atomic E-state index is 13.1. The van der Waals surface area contributed by atoms with Crippen molar-refractivity contribution in [2.24, 2.45) is 0 Å². The molecule has 4 amide bonds. The van der Waals surface area contributed by atoms with Gasteiger partial charge < -0.3 is 20.1 Å². The van der Waals surface area contributed by atoms with Gasteiger partial charge in [0.2, 0.25) is 5.91 Å². The fourth-order valence-corrected chi connectivity index (χ4v) is 3.84. The summed E-state index contributed by atoms with van der Waals surface area (Å²) in [6.07, 6.45) is -3.28. The van der Waals surface area contributed by atoms with E-state index in [1.165, 1.54) is 55.8 Å².